The fraction of sp³-hybridized carbons (Fsp3) is 0.455. The molecule has 158 valence electrons. The van der Waals surface area contributed by atoms with Crippen LogP contribution in [0.25, 0.3) is 10.9 Å². The summed E-state index contributed by atoms with van der Waals surface area (Å²) in [6.07, 6.45) is 3.53. The number of H-pyrrole nitrogens is 1. The highest BCUT2D eigenvalue weighted by molar-refractivity contribution is 6.10. The Morgan fingerprint density at radius 2 is 1.90 bits per heavy atom. The Morgan fingerprint density at radius 1 is 1.17 bits per heavy atom. The summed E-state index contributed by atoms with van der Waals surface area (Å²) in [5.74, 6) is -0.984. The second-order valence-electron chi connectivity index (χ2n) is 8.03. The molecule has 3 amide bonds. The number of nitrogens with zero attached hydrogens (tertiary/aromatic N) is 1. The van der Waals surface area contributed by atoms with Gasteiger partial charge in [0.2, 0.25) is 5.78 Å². The van der Waals surface area contributed by atoms with Crippen molar-refractivity contribution in [3.05, 3.63) is 35.5 Å². The zero-order chi connectivity index (χ0) is 21.3. The topological polar surface area (TPSA) is 109 Å². The van der Waals surface area contributed by atoms with Crippen molar-refractivity contribution < 1.29 is 23.9 Å². The molecular formula is C22H25N3O5. The van der Waals surface area contributed by atoms with Crippen LogP contribution in [0.1, 0.15) is 54.6 Å². The molecule has 0 radical (unpaired) electrons. The summed E-state index contributed by atoms with van der Waals surface area (Å²) in [5.41, 5.74) is 1.39. The molecule has 1 saturated carbocycles. The van der Waals surface area contributed by atoms with Crippen molar-refractivity contribution in [3.63, 3.8) is 0 Å². The van der Waals surface area contributed by atoms with Crippen LogP contribution >= 0.6 is 0 Å². The number of carbonyl (C=O) groups excluding carboxylic acids is 4. The monoisotopic (exact) mass is 411 g/mol. The van der Waals surface area contributed by atoms with E-state index in [0.717, 1.165) is 29.4 Å². The van der Waals surface area contributed by atoms with E-state index in [1.165, 1.54) is 4.90 Å². The van der Waals surface area contributed by atoms with E-state index in [1.807, 2.05) is 31.2 Å². The molecule has 0 unspecified atom stereocenters. The predicted octanol–water partition coefficient (Wildman–Crippen LogP) is 2.85. The van der Waals surface area contributed by atoms with Crippen LogP contribution in [-0.4, -0.2) is 52.3 Å². The number of ketones is 1. The van der Waals surface area contributed by atoms with Gasteiger partial charge in [-0.15, -0.1) is 0 Å². The maximum Gasteiger partial charge on any atom is 0.325 e. The molecule has 0 atom stereocenters. The zero-order valence-electron chi connectivity index (χ0n) is 17.0. The van der Waals surface area contributed by atoms with Crippen LogP contribution in [0.15, 0.2) is 24.3 Å². The maximum absolute atomic E-state index is 12.6. The average molecular weight is 411 g/mol. The molecule has 0 bridgehead atoms. The lowest BCUT2D eigenvalue weighted by Gasteiger charge is -2.19. The molecule has 4 rings (SSSR count). The molecule has 30 heavy (non-hydrogen) atoms. The van der Waals surface area contributed by atoms with Crippen molar-refractivity contribution in [1.29, 1.82) is 0 Å². The van der Waals surface area contributed by atoms with Crippen LogP contribution in [0.5, 0.6) is 0 Å². The summed E-state index contributed by atoms with van der Waals surface area (Å²) >= 11 is 0. The molecule has 2 aromatic rings. The minimum Gasteiger partial charge on any atom is -0.457 e. The molecule has 1 aromatic carbocycles. The van der Waals surface area contributed by atoms with Crippen LogP contribution < -0.4 is 5.32 Å². The number of benzene rings is 1. The quantitative estimate of drug-likeness (QED) is 0.414. The number of nitrogens with one attached hydrogen (secondary N) is 2. The van der Waals surface area contributed by atoms with Crippen LogP contribution in [0.3, 0.4) is 0 Å². The number of amides is 3. The number of esters is 1. The minimum atomic E-state index is -0.735. The Bertz CT molecular complexity index is 1020. The second kappa shape index (κ2) is 7.93. The highest BCUT2D eigenvalue weighted by Gasteiger charge is 2.52. The molecule has 2 aliphatic rings. The number of aromatic amines is 1. The molecule has 1 aromatic heterocycles. The van der Waals surface area contributed by atoms with Gasteiger partial charge in [-0.05, 0) is 32.3 Å². The maximum atomic E-state index is 12.6. The number of aromatic nitrogens is 1. The smallest absolute Gasteiger partial charge is 0.325 e. The van der Waals surface area contributed by atoms with Gasteiger partial charge in [-0.1, -0.05) is 31.0 Å². The third kappa shape index (κ3) is 3.58. The molecule has 1 saturated heterocycles. The number of carbonyl (C=O) groups is 4. The fourth-order valence-corrected chi connectivity index (χ4v) is 4.50. The number of rotatable bonds is 7. The molecule has 1 aliphatic heterocycles. The van der Waals surface area contributed by atoms with Crippen molar-refractivity contribution in [3.8, 4) is 0 Å². The van der Waals surface area contributed by atoms with Gasteiger partial charge in [-0.3, -0.25) is 19.3 Å². The van der Waals surface area contributed by atoms with E-state index in [0.29, 0.717) is 24.8 Å². The normalized spacial score (nSPS) is 17.7. The summed E-state index contributed by atoms with van der Waals surface area (Å²) in [6, 6.07) is 7.08. The van der Waals surface area contributed by atoms with E-state index in [2.05, 4.69) is 10.3 Å². The number of imide groups is 1. The van der Waals surface area contributed by atoms with Gasteiger partial charge in [0.25, 0.3) is 5.91 Å². The van der Waals surface area contributed by atoms with E-state index in [1.54, 1.807) is 0 Å². The molecule has 1 aliphatic carbocycles. The van der Waals surface area contributed by atoms with Gasteiger partial charge in [0.1, 0.15) is 5.54 Å². The first-order valence-corrected chi connectivity index (χ1v) is 10.3. The lowest BCUT2D eigenvalue weighted by molar-refractivity contribution is -0.143. The summed E-state index contributed by atoms with van der Waals surface area (Å²) in [4.78, 5) is 53.7. The number of para-hydroxylation sites is 1. The average Bonchev–Trinajstić information content (AvgIpc) is 3.38. The highest BCUT2D eigenvalue weighted by atomic mass is 16.5. The minimum absolute atomic E-state index is 0.0320. The third-order valence-corrected chi connectivity index (χ3v) is 6.00. The predicted molar refractivity (Wildman–Crippen MR) is 109 cm³/mol. The first kappa shape index (κ1) is 20.1. The number of ether oxygens (including phenoxy) is 1. The van der Waals surface area contributed by atoms with Gasteiger partial charge < -0.3 is 15.0 Å². The summed E-state index contributed by atoms with van der Waals surface area (Å²) < 4.78 is 5.14. The van der Waals surface area contributed by atoms with Gasteiger partial charge in [0, 0.05) is 35.1 Å². The first-order valence-electron chi connectivity index (χ1n) is 10.3. The lowest BCUT2D eigenvalue weighted by atomic mass is 9.98. The van der Waals surface area contributed by atoms with Crippen LogP contribution in [0, 0.1) is 6.92 Å². The Balaban J connectivity index is 1.26. The Morgan fingerprint density at radius 3 is 2.67 bits per heavy atom. The van der Waals surface area contributed by atoms with Gasteiger partial charge >= 0.3 is 12.0 Å². The van der Waals surface area contributed by atoms with E-state index in [4.69, 9.17) is 4.74 Å². The number of fused-ring (bicyclic) bond motifs is 1. The van der Waals surface area contributed by atoms with Crippen molar-refractivity contribution in [1.82, 2.24) is 15.2 Å². The van der Waals surface area contributed by atoms with E-state index in [9.17, 15) is 19.2 Å². The Kier molecular flexibility index (Phi) is 5.32. The molecule has 8 heteroatoms. The SMILES string of the molecule is Cc1[nH]c2ccccc2c1C(=O)COC(=O)CCCN1C(=O)NC2(CCCC2)C1=O. The van der Waals surface area contributed by atoms with Crippen LogP contribution in [0.2, 0.25) is 0 Å². The van der Waals surface area contributed by atoms with E-state index >= 15 is 0 Å². The van der Waals surface area contributed by atoms with E-state index in [-0.39, 0.29) is 37.3 Å². The largest absolute Gasteiger partial charge is 0.457 e. The first-order chi connectivity index (χ1) is 14.4. The number of hydrogen-bond acceptors (Lipinski definition) is 5. The second-order valence-corrected chi connectivity index (χ2v) is 8.03. The number of hydrogen-bond donors (Lipinski definition) is 2. The molecule has 2 heterocycles. The summed E-state index contributed by atoms with van der Waals surface area (Å²) in [6.45, 7) is 1.63. The highest BCUT2D eigenvalue weighted by Crippen LogP contribution is 2.35. The van der Waals surface area contributed by atoms with Crippen molar-refractivity contribution in [2.45, 2.75) is 51.0 Å². The molecular weight excluding hydrogens is 386 g/mol. The van der Waals surface area contributed by atoms with Crippen molar-refractivity contribution in [2.75, 3.05) is 13.2 Å². The fourth-order valence-electron chi connectivity index (χ4n) is 4.50. The number of urea groups is 1. The Labute approximate surface area is 173 Å². The zero-order valence-corrected chi connectivity index (χ0v) is 17.0. The molecule has 1 spiro atoms. The van der Waals surface area contributed by atoms with Gasteiger partial charge in [-0.2, -0.15) is 0 Å². The van der Waals surface area contributed by atoms with Crippen LogP contribution in [0.4, 0.5) is 4.79 Å². The Hall–Kier alpha value is -3.16. The molecule has 2 N–H and O–H groups in total. The van der Waals surface area contributed by atoms with Crippen molar-refractivity contribution in [2.24, 2.45) is 0 Å². The van der Waals surface area contributed by atoms with Gasteiger partial charge in [-0.25, -0.2) is 4.79 Å². The summed E-state index contributed by atoms with van der Waals surface area (Å²) in [5, 5.41) is 3.62. The summed E-state index contributed by atoms with van der Waals surface area (Å²) in [7, 11) is 0. The molecule has 8 nitrogen and oxygen atoms in total. The lowest BCUT2D eigenvalue weighted by Crippen LogP contribution is -2.44. The van der Waals surface area contributed by atoms with Crippen LogP contribution in [-0.2, 0) is 14.3 Å². The standard InChI is InChI=1S/C22H25N3O5/c1-14-19(15-7-2-3-8-16(15)23-14)17(26)13-30-18(27)9-6-12-25-20(28)22(24-21(25)29)10-4-5-11-22/h2-3,7-8,23H,4-6,9-13H2,1H3,(H,24,29). The van der Waals surface area contributed by atoms with Gasteiger partial charge in [0.05, 0.1) is 0 Å². The van der Waals surface area contributed by atoms with E-state index < -0.39 is 11.5 Å². The third-order valence-electron chi connectivity index (χ3n) is 6.00. The van der Waals surface area contributed by atoms with Gasteiger partial charge in [0.15, 0.2) is 6.61 Å². The number of Topliss-reactive ketones (excluding diaryl/α,β-unsaturated/α-hetero) is 1. The molecule has 2 fully saturated rings. The van der Waals surface area contributed by atoms with Crippen molar-refractivity contribution >= 4 is 34.6 Å². The number of aryl methyl sites for hydroxylation is 1.